The molecular formula is C35H48N2O3. The van der Waals surface area contributed by atoms with Crippen LogP contribution in [0.3, 0.4) is 0 Å². The van der Waals surface area contributed by atoms with Crippen molar-refractivity contribution < 1.29 is 14.4 Å². The summed E-state index contributed by atoms with van der Waals surface area (Å²) in [6, 6.07) is 2.21. The Labute approximate surface area is 240 Å². The first-order valence-corrected chi connectivity index (χ1v) is 15.9. The summed E-state index contributed by atoms with van der Waals surface area (Å²) in [5.41, 5.74) is -0.199. The smallest absolute Gasteiger partial charge is 0.223 e. The van der Waals surface area contributed by atoms with Crippen LogP contribution in [0, 0.1) is 73.9 Å². The van der Waals surface area contributed by atoms with E-state index in [2.05, 4.69) is 46.0 Å². The number of amides is 1. The molecule has 0 saturated heterocycles. The van der Waals surface area contributed by atoms with Gasteiger partial charge in [0.15, 0.2) is 11.6 Å². The zero-order chi connectivity index (χ0) is 29.0. The number of hydrogen-bond donors (Lipinski definition) is 1. The molecule has 0 aromatic carbocycles. The minimum Gasteiger partial charge on any atom is -0.355 e. The maximum absolute atomic E-state index is 14.6. The van der Waals surface area contributed by atoms with Crippen molar-refractivity contribution in [3.05, 3.63) is 23.3 Å². The lowest BCUT2D eigenvalue weighted by atomic mass is 9.34. The Morgan fingerprint density at radius 3 is 2.35 bits per heavy atom. The molecule has 5 heteroatoms. The molecule has 0 spiro atoms. The minimum atomic E-state index is -0.646. The zero-order valence-corrected chi connectivity index (χ0v) is 25.7. The third kappa shape index (κ3) is 3.46. The fourth-order valence-corrected chi connectivity index (χ4v) is 11.1. The molecule has 40 heavy (non-hydrogen) atoms. The van der Waals surface area contributed by atoms with Gasteiger partial charge in [0.2, 0.25) is 5.91 Å². The summed E-state index contributed by atoms with van der Waals surface area (Å²) < 4.78 is 0. The van der Waals surface area contributed by atoms with Crippen LogP contribution in [-0.2, 0) is 14.4 Å². The second-order valence-corrected chi connectivity index (χ2v) is 16.0. The minimum absolute atomic E-state index is 0.0355. The molecule has 6 rings (SSSR count). The quantitative estimate of drug-likeness (QED) is 0.434. The molecule has 0 heterocycles. The van der Waals surface area contributed by atoms with Gasteiger partial charge in [0.05, 0.1) is 5.57 Å². The topological polar surface area (TPSA) is 87.0 Å². The third-order valence-corrected chi connectivity index (χ3v) is 14.0. The van der Waals surface area contributed by atoms with Crippen molar-refractivity contribution >= 4 is 17.5 Å². The maximum atomic E-state index is 14.6. The Balaban J connectivity index is 1.46. The van der Waals surface area contributed by atoms with E-state index in [1.807, 2.05) is 26.0 Å². The normalized spacial score (nSPS) is 47.4. The number of nitriles is 1. The van der Waals surface area contributed by atoms with E-state index in [0.717, 1.165) is 56.9 Å². The van der Waals surface area contributed by atoms with E-state index in [1.54, 1.807) is 0 Å². The average molecular weight is 545 g/mol. The first-order valence-electron chi connectivity index (χ1n) is 15.9. The van der Waals surface area contributed by atoms with Crippen molar-refractivity contribution in [2.24, 2.45) is 62.6 Å². The molecule has 9 atom stereocenters. The van der Waals surface area contributed by atoms with Gasteiger partial charge in [0.25, 0.3) is 0 Å². The molecule has 4 saturated carbocycles. The molecule has 0 unspecified atom stereocenters. The Hall–Kier alpha value is -2.22. The van der Waals surface area contributed by atoms with Gasteiger partial charge in [-0.05, 0) is 97.4 Å². The van der Waals surface area contributed by atoms with Gasteiger partial charge in [-0.25, -0.2) is 0 Å². The number of fused-ring (bicyclic) bond motifs is 7. The second kappa shape index (κ2) is 8.65. The molecule has 6 aliphatic rings. The molecule has 0 aromatic heterocycles. The number of ketones is 2. The van der Waals surface area contributed by atoms with Crippen LogP contribution in [0.25, 0.3) is 0 Å². The van der Waals surface area contributed by atoms with Gasteiger partial charge < -0.3 is 5.32 Å². The molecule has 216 valence electrons. The SMILES string of the molecule is C[C@@H]1[C@H]2[C@H]3C(=O)C=C4[C@@]5(C)C=C(C#N)C(=O)C(C)(C)[C@@H]5CC[C@@]4(C)[C@]3(C)CC[C@@]2(CNC(=O)C2CC2)CC[C@H]1C. The van der Waals surface area contributed by atoms with Gasteiger partial charge in [-0.2, -0.15) is 5.26 Å². The molecule has 0 aromatic rings. The number of Topliss-reactive ketones (excluding diaryl/α,β-unsaturated/α-hetero) is 1. The van der Waals surface area contributed by atoms with E-state index >= 15 is 0 Å². The van der Waals surface area contributed by atoms with Crippen LogP contribution in [0.15, 0.2) is 23.3 Å². The largest absolute Gasteiger partial charge is 0.355 e. The molecule has 5 nitrogen and oxygen atoms in total. The summed E-state index contributed by atoms with van der Waals surface area (Å²) in [5, 5.41) is 13.3. The van der Waals surface area contributed by atoms with E-state index in [1.165, 1.54) is 0 Å². The number of nitrogens with one attached hydrogen (secondary N) is 1. The zero-order valence-electron chi connectivity index (χ0n) is 25.7. The highest BCUT2D eigenvalue weighted by Gasteiger charge is 2.70. The number of carbonyl (C=O) groups is 3. The van der Waals surface area contributed by atoms with Crippen LogP contribution < -0.4 is 5.32 Å². The summed E-state index contributed by atoms with van der Waals surface area (Å²) in [6.07, 6.45) is 12.0. The number of carbonyl (C=O) groups excluding carboxylic acids is 3. The summed E-state index contributed by atoms with van der Waals surface area (Å²) >= 11 is 0. The lowest BCUT2D eigenvalue weighted by molar-refractivity contribution is -0.176. The Morgan fingerprint density at radius 1 is 1.00 bits per heavy atom. The van der Waals surface area contributed by atoms with Crippen LogP contribution in [0.5, 0.6) is 0 Å². The second-order valence-electron chi connectivity index (χ2n) is 16.0. The van der Waals surface area contributed by atoms with Crippen LogP contribution in [0.2, 0.25) is 0 Å². The first-order chi connectivity index (χ1) is 18.7. The highest BCUT2D eigenvalue weighted by Crippen LogP contribution is 2.74. The molecule has 4 fully saturated rings. The van der Waals surface area contributed by atoms with Gasteiger partial charge in [-0.15, -0.1) is 0 Å². The number of hydrogen-bond acceptors (Lipinski definition) is 4. The van der Waals surface area contributed by atoms with Gasteiger partial charge in [-0.1, -0.05) is 60.1 Å². The van der Waals surface area contributed by atoms with Crippen LogP contribution in [0.1, 0.15) is 99.8 Å². The number of allylic oxidation sites excluding steroid dienone is 4. The lowest BCUT2D eigenvalue weighted by Gasteiger charge is -2.69. The Kier molecular flexibility index (Phi) is 6.04. The summed E-state index contributed by atoms with van der Waals surface area (Å²) in [7, 11) is 0. The van der Waals surface area contributed by atoms with Gasteiger partial charge in [-0.3, -0.25) is 14.4 Å². The van der Waals surface area contributed by atoms with Crippen molar-refractivity contribution in [2.45, 2.75) is 99.8 Å². The fraction of sp³-hybridized carbons (Fsp3) is 0.771. The van der Waals surface area contributed by atoms with E-state index in [4.69, 9.17) is 0 Å². The predicted octanol–water partition coefficient (Wildman–Crippen LogP) is 6.59. The van der Waals surface area contributed by atoms with E-state index < -0.39 is 10.8 Å². The summed E-state index contributed by atoms with van der Waals surface area (Å²) in [6.45, 7) is 16.4. The molecule has 0 bridgehead atoms. The van der Waals surface area contributed by atoms with Crippen LogP contribution in [0.4, 0.5) is 0 Å². The van der Waals surface area contributed by atoms with Crippen LogP contribution >= 0.6 is 0 Å². The van der Waals surface area contributed by atoms with E-state index in [0.29, 0.717) is 18.4 Å². The van der Waals surface area contributed by atoms with Gasteiger partial charge in [0.1, 0.15) is 6.07 Å². The van der Waals surface area contributed by atoms with E-state index in [9.17, 15) is 19.6 Å². The molecule has 0 radical (unpaired) electrons. The highest BCUT2D eigenvalue weighted by atomic mass is 16.2. The standard InChI is InChI=1S/C35H48N2O3/c1-20-10-13-35(19-37-30(40)22-8-9-22)15-14-34(7)28(27(35)21(20)2)24(38)16-26-32(5)17-23(18-36)29(39)31(3,4)25(32)11-12-33(26,34)6/h16-17,20-22,25,27-28H,8-15,19H2,1-7H3,(H,37,40)/t20-,21+,25+,27+,28-,32+,33-,34-,35-/m1/s1. The summed E-state index contributed by atoms with van der Waals surface area (Å²) in [4.78, 5) is 40.7. The first kappa shape index (κ1) is 27.9. The van der Waals surface area contributed by atoms with Crippen molar-refractivity contribution in [3.8, 4) is 6.07 Å². The highest BCUT2D eigenvalue weighted by molar-refractivity contribution is 6.04. The maximum Gasteiger partial charge on any atom is 0.223 e. The number of nitrogens with zero attached hydrogens (tertiary/aromatic N) is 1. The number of rotatable bonds is 3. The lowest BCUT2D eigenvalue weighted by Crippen LogP contribution is -2.66. The Morgan fingerprint density at radius 2 is 1.70 bits per heavy atom. The monoisotopic (exact) mass is 544 g/mol. The summed E-state index contributed by atoms with van der Waals surface area (Å²) in [5.74, 6) is 1.74. The third-order valence-electron chi connectivity index (χ3n) is 14.0. The average Bonchev–Trinajstić information content (AvgIpc) is 3.75. The van der Waals surface area contributed by atoms with Gasteiger partial charge in [0, 0.05) is 29.2 Å². The Bertz CT molecular complexity index is 1280. The van der Waals surface area contributed by atoms with Crippen molar-refractivity contribution in [2.75, 3.05) is 6.54 Å². The van der Waals surface area contributed by atoms with Crippen molar-refractivity contribution in [1.29, 1.82) is 5.26 Å². The van der Waals surface area contributed by atoms with E-state index in [-0.39, 0.29) is 63.0 Å². The molecule has 6 aliphatic carbocycles. The van der Waals surface area contributed by atoms with Gasteiger partial charge >= 0.3 is 0 Å². The van der Waals surface area contributed by atoms with Crippen molar-refractivity contribution in [3.63, 3.8) is 0 Å². The van der Waals surface area contributed by atoms with Crippen molar-refractivity contribution in [1.82, 2.24) is 5.32 Å². The molecule has 1 N–H and O–H groups in total. The molecule has 0 aliphatic heterocycles. The fourth-order valence-electron chi connectivity index (χ4n) is 11.1. The predicted molar refractivity (Wildman–Crippen MR) is 155 cm³/mol. The van der Waals surface area contributed by atoms with Crippen LogP contribution in [-0.4, -0.2) is 24.0 Å². The molecular weight excluding hydrogens is 496 g/mol. The molecule has 1 amide bonds.